The molecule has 0 bridgehead atoms. The maximum atomic E-state index is 13.9. The first kappa shape index (κ1) is 29.4. The van der Waals surface area contributed by atoms with Crippen LogP contribution in [0.4, 0.5) is 0 Å². The number of halogens is 1. The fraction of sp³-hybridized carbons (Fsp3) is 0.560. The molecule has 0 aliphatic carbocycles. The Kier molecular flexibility index (Phi) is 9.55. The van der Waals surface area contributed by atoms with Gasteiger partial charge in [0.25, 0.3) is 0 Å². The molecule has 2 atom stereocenters. The van der Waals surface area contributed by atoms with Gasteiger partial charge in [-0.15, -0.1) is 11.3 Å². The zero-order valence-corrected chi connectivity index (χ0v) is 24.4. The van der Waals surface area contributed by atoms with Gasteiger partial charge in [-0.2, -0.15) is 0 Å². The average molecular weight is 605 g/mol. The highest BCUT2D eigenvalue weighted by Crippen LogP contribution is 2.45. The highest BCUT2D eigenvalue weighted by Gasteiger charge is 2.50. The molecule has 4 rings (SSSR count). The van der Waals surface area contributed by atoms with Gasteiger partial charge in [-0.3, -0.25) is 4.79 Å². The fourth-order valence-corrected chi connectivity index (χ4v) is 10.2. The molecule has 0 spiro atoms. The number of sulfone groups is 1. The summed E-state index contributed by atoms with van der Waals surface area (Å²) in [4.78, 5) is 19.9. The van der Waals surface area contributed by atoms with Crippen LogP contribution in [-0.4, -0.2) is 64.5 Å². The van der Waals surface area contributed by atoms with E-state index in [-0.39, 0.29) is 31.0 Å². The first-order chi connectivity index (χ1) is 18.1. The van der Waals surface area contributed by atoms with Crippen molar-refractivity contribution in [1.29, 1.82) is 0 Å². The van der Waals surface area contributed by atoms with Crippen LogP contribution in [0.15, 0.2) is 36.4 Å². The van der Waals surface area contributed by atoms with E-state index in [4.69, 9.17) is 21.2 Å². The van der Waals surface area contributed by atoms with Crippen molar-refractivity contribution in [2.45, 2.75) is 56.5 Å². The third kappa shape index (κ3) is 6.60. The Labute approximate surface area is 233 Å². The first-order valence-corrected chi connectivity index (χ1v) is 17.1. The number of thiophene rings is 1. The van der Waals surface area contributed by atoms with Crippen LogP contribution in [0.1, 0.15) is 50.3 Å². The third-order valence-electron chi connectivity index (χ3n) is 6.90. The van der Waals surface area contributed by atoms with Crippen LogP contribution < -0.4 is 5.48 Å². The molecule has 2 saturated heterocycles. The standard InChI is InChI=1S/C25H33ClN2O7S3/c1-2-16-38(32,33)28-13-12-25(37(30,31)17-14-28,18-23(29)27-35-24-5-3-4-15-34-24)22-11-10-21(36-22)19-6-8-20(26)9-7-19/h6-11,24H,2-5,12-18H2,1H3,(H,27,29). The quantitative estimate of drug-likeness (QED) is 0.428. The summed E-state index contributed by atoms with van der Waals surface area (Å²) in [5.74, 6) is -1.05. The maximum Gasteiger partial charge on any atom is 0.245 e. The summed E-state index contributed by atoms with van der Waals surface area (Å²) in [6.07, 6.45) is 1.85. The van der Waals surface area contributed by atoms with E-state index in [1.54, 1.807) is 25.1 Å². The smallest absolute Gasteiger partial charge is 0.245 e. The van der Waals surface area contributed by atoms with Crippen molar-refractivity contribution < 1.29 is 31.2 Å². The van der Waals surface area contributed by atoms with Crippen molar-refractivity contribution in [3.8, 4) is 10.4 Å². The van der Waals surface area contributed by atoms with E-state index in [2.05, 4.69) is 5.48 Å². The van der Waals surface area contributed by atoms with Gasteiger partial charge in [0.15, 0.2) is 16.1 Å². The monoisotopic (exact) mass is 604 g/mol. The van der Waals surface area contributed by atoms with Crippen molar-refractivity contribution in [2.24, 2.45) is 0 Å². The van der Waals surface area contributed by atoms with Gasteiger partial charge in [-0.25, -0.2) is 31.5 Å². The van der Waals surface area contributed by atoms with E-state index >= 15 is 0 Å². The van der Waals surface area contributed by atoms with E-state index in [0.717, 1.165) is 23.3 Å². The minimum Gasteiger partial charge on any atom is -0.350 e. The van der Waals surface area contributed by atoms with E-state index < -0.39 is 43.2 Å². The molecule has 38 heavy (non-hydrogen) atoms. The Balaban J connectivity index is 1.66. The molecular formula is C25H33ClN2O7S3. The Hall–Kier alpha value is -1.54. The van der Waals surface area contributed by atoms with Gasteiger partial charge >= 0.3 is 0 Å². The number of hydrogen-bond acceptors (Lipinski definition) is 8. The molecule has 2 aliphatic heterocycles. The number of carbonyl (C=O) groups excluding carboxylic acids is 1. The summed E-state index contributed by atoms with van der Waals surface area (Å²) in [5, 5.41) is 0.584. The molecule has 1 N–H and O–H groups in total. The zero-order valence-electron chi connectivity index (χ0n) is 21.2. The summed E-state index contributed by atoms with van der Waals surface area (Å²) in [5.41, 5.74) is 3.25. The predicted molar refractivity (Wildman–Crippen MR) is 148 cm³/mol. The zero-order chi connectivity index (χ0) is 27.4. The van der Waals surface area contributed by atoms with E-state index in [9.17, 15) is 21.6 Å². The van der Waals surface area contributed by atoms with Crippen LogP contribution in [-0.2, 0) is 39.0 Å². The van der Waals surface area contributed by atoms with Gasteiger partial charge in [0.1, 0.15) is 4.75 Å². The lowest BCUT2D eigenvalue weighted by molar-refractivity contribution is -0.200. The summed E-state index contributed by atoms with van der Waals surface area (Å²) in [7, 11) is -7.58. The predicted octanol–water partition coefficient (Wildman–Crippen LogP) is 4.09. The van der Waals surface area contributed by atoms with Crippen LogP contribution in [0.25, 0.3) is 10.4 Å². The largest absolute Gasteiger partial charge is 0.350 e. The van der Waals surface area contributed by atoms with Crippen molar-refractivity contribution >= 4 is 48.7 Å². The molecule has 3 heterocycles. The summed E-state index contributed by atoms with van der Waals surface area (Å²) in [6.45, 7) is 2.15. The number of nitrogens with zero attached hydrogens (tertiary/aromatic N) is 1. The number of hydrogen-bond donors (Lipinski definition) is 1. The van der Waals surface area contributed by atoms with Crippen LogP contribution in [0.5, 0.6) is 0 Å². The highest BCUT2D eigenvalue weighted by molar-refractivity contribution is 7.92. The number of hydroxylamine groups is 1. The lowest BCUT2D eigenvalue weighted by atomic mass is 9.97. The second kappa shape index (κ2) is 12.3. The van der Waals surface area contributed by atoms with Crippen molar-refractivity contribution in [2.75, 3.05) is 31.2 Å². The topological polar surface area (TPSA) is 119 Å². The third-order valence-corrected chi connectivity index (χ3v) is 13.2. The molecule has 1 aromatic heterocycles. The Morgan fingerprint density at radius 2 is 1.97 bits per heavy atom. The average Bonchev–Trinajstić information content (AvgIpc) is 3.33. The van der Waals surface area contributed by atoms with Gasteiger partial charge < -0.3 is 4.74 Å². The van der Waals surface area contributed by atoms with Gasteiger partial charge in [-0.05, 0) is 55.5 Å². The summed E-state index contributed by atoms with van der Waals surface area (Å²) < 4.78 is 58.6. The first-order valence-electron chi connectivity index (χ1n) is 12.7. The lowest BCUT2D eigenvalue weighted by Crippen LogP contribution is -2.43. The van der Waals surface area contributed by atoms with Gasteiger partial charge in [0.05, 0.1) is 17.9 Å². The Morgan fingerprint density at radius 3 is 2.66 bits per heavy atom. The van der Waals surface area contributed by atoms with Crippen LogP contribution in [0, 0.1) is 0 Å². The van der Waals surface area contributed by atoms with Crippen LogP contribution >= 0.6 is 22.9 Å². The molecule has 2 aromatic rings. The minimum atomic E-state index is -3.96. The molecule has 1 amide bonds. The number of sulfonamides is 1. The molecule has 2 fully saturated rings. The van der Waals surface area contributed by atoms with E-state index in [0.29, 0.717) is 29.3 Å². The molecule has 2 aliphatic rings. The van der Waals surface area contributed by atoms with Gasteiger partial charge in [-0.1, -0.05) is 30.7 Å². The van der Waals surface area contributed by atoms with Gasteiger partial charge in [0, 0.05) is 40.9 Å². The fourth-order valence-electron chi connectivity index (χ4n) is 4.80. The second-order valence-corrected chi connectivity index (χ2v) is 15.6. The molecule has 0 radical (unpaired) electrons. The summed E-state index contributed by atoms with van der Waals surface area (Å²) in [6, 6.07) is 10.7. The van der Waals surface area contributed by atoms with Crippen LogP contribution in [0.2, 0.25) is 5.02 Å². The van der Waals surface area contributed by atoms with E-state index in [1.165, 1.54) is 15.6 Å². The lowest BCUT2D eigenvalue weighted by Gasteiger charge is -2.31. The second-order valence-electron chi connectivity index (χ2n) is 9.57. The van der Waals surface area contributed by atoms with Crippen molar-refractivity contribution in [3.63, 3.8) is 0 Å². The highest BCUT2D eigenvalue weighted by atomic mass is 35.5. The number of rotatable bonds is 9. The summed E-state index contributed by atoms with van der Waals surface area (Å²) >= 11 is 7.30. The molecule has 210 valence electrons. The number of benzene rings is 1. The molecule has 0 saturated carbocycles. The van der Waals surface area contributed by atoms with Crippen molar-refractivity contribution in [1.82, 2.24) is 9.79 Å². The SMILES string of the molecule is CCCS(=O)(=O)N1CCC(CC(=O)NOC2CCCCO2)(c2ccc(-c3ccc(Cl)cc3)s2)S(=O)(=O)CC1. The number of nitrogens with one attached hydrogen (secondary N) is 1. The van der Waals surface area contributed by atoms with Crippen LogP contribution in [0.3, 0.4) is 0 Å². The normalized spacial score (nSPS) is 24.5. The molecule has 1 aromatic carbocycles. The maximum absolute atomic E-state index is 13.9. The van der Waals surface area contributed by atoms with Crippen molar-refractivity contribution in [3.05, 3.63) is 46.3 Å². The number of ether oxygens (including phenoxy) is 1. The Bertz CT molecular complexity index is 1320. The van der Waals surface area contributed by atoms with Gasteiger partial charge in [0.2, 0.25) is 15.9 Å². The molecular weight excluding hydrogens is 572 g/mol. The molecule has 2 unspecified atom stereocenters. The van der Waals surface area contributed by atoms with E-state index in [1.807, 2.05) is 18.2 Å². The molecule has 9 nitrogen and oxygen atoms in total. The number of carbonyl (C=O) groups is 1. The number of amides is 1. The minimum absolute atomic E-state index is 0.00435. The Morgan fingerprint density at radius 1 is 1.21 bits per heavy atom. The molecule has 13 heteroatoms.